The SMILES string of the molecule is CCC(NC(=O)N1CCN(Cc2ccc3c(c2)CCO3)CC1)c1cccs1. The second-order valence-electron chi connectivity index (χ2n) is 7.23. The maximum atomic E-state index is 12.6. The molecule has 3 heterocycles. The predicted octanol–water partition coefficient (Wildman–Crippen LogP) is 3.66. The molecule has 6 heteroatoms. The topological polar surface area (TPSA) is 44.8 Å². The molecule has 1 N–H and O–H groups in total. The molecular formula is C21H27N3O2S. The van der Waals surface area contributed by atoms with E-state index in [1.807, 2.05) is 11.0 Å². The lowest BCUT2D eigenvalue weighted by atomic mass is 10.1. The molecule has 0 radical (unpaired) electrons. The number of ether oxygens (including phenoxy) is 1. The molecule has 144 valence electrons. The third-order valence-electron chi connectivity index (χ3n) is 5.41. The van der Waals surface area contributed by atoms with Crippen LogP contribution in [0.2, 0.25) is 0 Å². The van der Waals surface area contributed by atoms with E-state index in [1.54, 1.807) is 11.3 Å². The third-order valence-corrected chi connectivity index (χ3v) is 6.40. The molecule has 4 rings (SSSR count). The Morgan fingerprint density at radius 2 is 2.11 bits per heavy atom. The number of piperazine rings is 1. The van der Waals surface area contributed by atoms with Crippen LogP contribution in [-0.2, 0) is 13.0 Å². The smallest absolute Gasteiger partial charge is 0.317 e. The number of hydrogen-bond acceptors (Lipinski definition) is 4. The van der Waals surface area contributed by atoms with Gasteiger partial charge in [-0.05, 0) is 35.1 Å². The lowest BCUT2D eigenvalue weighted by molar-refractivity contribution is 0.133. The maximum absolute atomic E-state index is 12.6. The number of fused-ring (bicyclic) bond motifs is 1. The summed E-state index contributed by atoms with van der Waals surface area (Å²) >= 11 is 1.70. The summed E-state index contributed by atoms with van der Waals surface area (Å²) in [4.78, 5) is 18.2. The number of carbonyl (C=O) groups excluding carboxylic acids is 1. The summed E-state index contributed by atoms with van der Waals surface area (Å²) in [5.41, 5.74) is 2.66. The standard InChI is InChI=1S/C21H27N3O2S/c1-2-18(20-4-3-13-27-20)22-21(25)24-10-8-23(9-11-24)15-16-5-6-19-17(14-16)7-12-26-19/h3-6,13-14,18H,2,7-12,15H2,1H3,(H,22,25). The Bertz CT molecular complexity index is 770. The average molecular weight is 386 g/mol. The van der Waals surface area contributed by atoms with Crippen LogP contribution in [0.3, 0.4) is 0 Å². The molecule has 2 aromatic rings. The lowest BCUT2D eigenvalue weighted by Crippen LogP contribution is -2.51. The van der Waals surface area contributed by atoms with Gasteiger partial charge in [0, 0.05) is 44.0 Å². The van der Waals surface area contributed by atoms with Crippen molar-refractivity contribution in [2.75, 3.05) is 32.8 Å². The summed E-state index contributed by atoms with van der Waals surface area (Å²) < 4.78 is 5.59. The molecule has 2 aliphatic rings. The van der Waals surface area contributed by atoms with E-state index in [9.17, 15) is 4.79 Å². The van der Waals surface area contributed by atoms with E-state index in [0.717, 1.165) is 57.9 Å². The Morgan fingerprint density at radius 1 is 1.26 bits per heavy atom. The summed E-state index contributed by atoms with van der Waals surface area (Å²) in [6, 6.07) is 10.8. The minimum absolute atomic E-state index is 0.0598. The number of rotatable bonds is 5. The number of hydrogen-bond donors (Lipinski definition) is 1. The van der Waals surface area contributed by atoms with Crippen molar-refractivity contribution < 1.29 is 9.53 Å². The fourth-order valence-corrected chi connectivity index (χ4v) is 4.67. The number of thiophene rings is 1. The molecule has 27 heavy (non-hydrogen) atoms. The molecule has 2 amide bonds. The predicted molar refractivity (Wildman–Crippen MR) is 108 cm³/mol. The maximum Gasteiger partial charge on any atom is 0.317 e. The lowest BCUT2D eigenvalue weighted by Gasteiger charge is -2.35. The second-order valence-corrected chi connectivity index (χ2v) is 8.21. The molecule has 1 unspecified atom stereocenters. The van der Waals surface area contributed by atoms with E-state index in [4.69, 9.17) is 4.74 Å². The molecule has 1 atom stereocenters. The van der Waals surface area contributed by atoms with Gasteiger partial charge in [0.05, 0.1) is 12.6 Å². The highest BCUT2D eigenvalue weighted by Crippen LogP contribution is 2.26. The number of nitrogens with zero attached hydrogens (tertiary/aromatic N) is 2. The number of carbonyl (C=O) groups is 1. The van der Waals surface area contributed by atoms with Crippen molar-refractivity contribution >= 4 is 17.4 Å². The minimum atomic E-state index is 0.0598. The van der Waals surface area contributed by atoms with Gasteiger partial charge in [0.2, 0.25) is 0 Å². The monoisotopic (exact) mass is 385 g/mol. The van der Waals surface area contributed by atoms with Gasteiger partial charge in [0.25, 0.3) is 0 Å². The Balaban J connectivity index is 1.27. The first kappa shape index (κ1) is 18.3. The minimum Gasteiger partial charge on any atom is -0.493 e. The van der Waals surface area contributed by atoms with Crippen LogP contribution in [0.15, 0.2) is 35.7 Å². The first-order chi connectivity index (χ1) is 13.2. The fourth-order valence-electron chi connectivity index (χ4n) is 3.81. The molecule has 2 aliphatic heterocycles. The van der Waals surface area contributed by atoms with Crippen LogP contribution >= 0.6 is 11.3 Å². The molecule has 5 nitrogen and oxygen atoms in total. The van der Waals surface area contributed by atoms with Crippen LogP contribution in [0.1, 0.15) is 35.4 Å². The highest BCUT2D eigenvalue weighted by atomic mass is 32.1. The first-order valence-corrected chi connectivity index (χ1v) is 10.7. The van der Waals surface area contributed by atoms with Crippen molar-refractivity contribution in [2.24, 2.45) is 0 Å². The Morgan fingerprint density at radius 3 is 2.85 bits per heavy atom. The molecular weight excluding hydrogens is 358 g/mol. The first-order valence-electron chi connectivity index (χ1n) is 9.78. The van der Waals surface area contributed by atoms with E-state index in [2.05, 4.69) is 46.8 Å². The van der Waals surface area contributed by atoms with Gasteiger partial charge in [0.1, 0.15) is 5.75 Å². The normalized spacial score (nSPS) is 18.0. The molecule has 0 spiro atoms. The van der Waals surface area contributed by atoms with E-state index in [-0.39, 0.29) is 12.1 Å². The van der Waals surface area contributed by atoms with Gasteiger partial charge < -0.3 is 15.0 Å². The van der Waals surface area contributed by atoms with Crippen LogP contribution in [-0.4, -0.2) is 48.6 Å². The Kier molecular flexibility index (Phi) is 5.64. The van der Waals surface area contributed by atoms with Crippen molar-refractivity contribution in [1.82, 2.24) is 15.1 Å². The van der Waals surface area contributed by atoms with Crippen LogP contribution < -0.4 is 10.1 Å². The van der Waals surface area contributed by atoms with Gasteiger partial charge in [0.15, 0.2) is 0 Å². The Labute approximate surface area is 164 Å². The largest absolute Gasteiger partial charge is 0.493 e. The number of nitrogens with one attached hydrogen (secondary N) is 1. The van der Waals surface area contributed by atoms with Gasteiger partial charge in [-0.2, -0.15) is 0 Å². The highest BCUT2D eigenvalue weighted by molar-refractivity contribution is 7.10. The highest BCUT2D eigenvalue weighted by Gasteiger charge is 2.24. The van der Waals surface area contributed by atoms with Gasteiger partial charge in [-0.15, -0.1) is 11.3 Å². The van der Waals surface area contributed by atoms with Crippen molar-refractivity contribution in [2.45, 2.75) is 32.4 Å². The zero-order valence-corrected chi connectivity index (χ0v) is 16.6. The van der Waals surface area contributed by atoms with Gasteiger partial charge in [-0.1, -0.05) is 25.1 Å². The van der Waals surface area contributed by atoms with E-state index in [0.29, 0.717) is 0 Å². The molecule has 0 bridgehead atoms. The van der Waals surface area contributed by atoms with Crippen molar-refractivity contribution in [1.29, 1.82) is 0 Å². The van der Waals surface area contributed by atoms with Crippen LogP contribution in [0.5, 0.6) is 5.75 Å². The summed E-state index contributed by atoms with van der Waals surface area (Å²) in [5.74, 6) is 1.04. The van der Waals surface area contributed by atoms with Crippen molar-refractivity contribution in [3.63, 3.8) is 0 Å². The van der Waals surface area contributed by atoms with Crippen molar-refractivity contribution in [3.8, 4) is 5.75 Å². The number of benzene rings is 1. The second kappa shape index (κ2) is 8.31. The molecule has 1 aromatic heterocycles. The molecule has 1 saturated heterocycles. The van der Waals surface area contributed by atoms with E-state index < -0.39 is 0 Å². The summed E-state index contributed by atoms with van der Waals surface area (Å²) in [6.45, 7) is 7.24. The van der Waals surface area contributed by atoms with Gasteiger partial charge in [-0.25, -0.2) is 4.79 Å². The number of urea groups is 1. The zero-order chi connectivity index (χ0) is 18.6. The molecule has 1 fully saturated rings. The van der Waals surface area contributed by atoms with Crippen LogP contribution in [0.25, 0.3) is 0 Å². The van der Waals surface area contributed by atoms with Crippen LogP contribution in [0, 0.1) is 0 Å². The summed E-state index contributed by atoms with van der Waals surface area (Å²) in [6.07, 6.45) is 1.92. The van der Waals surface area contributed by atoms with Crippen LogP contribution in [0.4, 0.5) is 4.79 Å². The molecule has 1 aromatic carbocycles. The molecule has 0 aliphatic carbocycles. The fraction of sp³-hybridized carbons (Fsp3) is 0.476. The average Bonchev–Trinajstić information content (AvgIpc) is 3.38. The summed E-state index contributed by atoms with van der Waals surface area (Å²) in [5, 5.41) is 5.26. The van der Waals surface area contributed by atoms with Gasteiger partial charge in [-0.3, -0.25) is 4.90 Å². The number of amides is 2. The zero-order valence-electron chi connectivity index (χ0n) is 15.8. The van der Waals surface area contributed by atoms with Gasteiger partial charge >= 0.3 is 6.03 Å². The Hall–Kier alpha value is -2.05. The quantitative estimate of drug-likeness (QED) is 0.854. The summed E-state index contributed by atoms with van der Waals surface area (Å²) in [7, 11) is 0. The van der Waals surface area contributed by atoms with E-state index in [1.165, 1.54) is 16.0 Å². The van der Waals surface area contributed by atoms with E-state index >= 15 is 0 Å². The molecule has 0 saturated carbocycles. The van der Waals surface area contributed by atoms with Crippen molar-refractivity contribution in [3.05, 3.63) is 51.7 Å². The third kappa shape index (κ3) is 4.28.